The fourth-order valence-corrected chi connectivity index (χ4v) is 3.54. The first-order chi connectivity index (χ1) is 13.2. The van der Waals surface area contributed by atoms with Gasteiger partial charge < -0.3 is 14.1 Å². The van der Waals surface area contributed by atoms with Crippen LogP contribution in [0.4, 0.5) is 6.01 Å². The number of fused-ring (bicyclic) bond motifs is 1. The Morgan fingerprint density at radius 3 is 2.78 bits per heavy atom. The average Bonchev–Trinajstić information content (AvgIpc) is 3.23. The van der Waals surface area contributed by atoms with Crippen molar-refractivity contribution >= 4 is 12.0 Å². The lowest BCUT2D eigenvalue weighted by Gasteiger charge is -2.17. The molecule has 0 bridgehead atoms. The number of nitrogens with zero attached hydrogens (tertiary/aromatic N) is 4. The largest absolute Gasteiger partial charge is 0.461 e. The Hall–Kier alpha value is -3.09. The quantitative estimate of drug-likeness (QED) is 0.661. The first-order valence-corrected chi connectivity index (χ1v) is 9.15. The summed E-state index contributed by atoms with van der Waals surface area (Å²) in [6.45, 7) is 3.57. The van der Waals surface area contributed by atoms with Crippen LogP contribution < -0.4 is 4.90 Å². The van der Waals surface area contributed by atoms with Gasteiger partial charge in [0.25, 0.3) is 6.01 Å². The van der Waals surface area contributed by atoms with E-state index in [0.717, 1.165) is 37.3 Å². The van der Waals surface area contributed by atoms with E-state index < -0.39 is 5.97 Å². The second-order valence-electron chi connectivity index (χ2n) is 6.49. The Bertz CT molecular complexity index is 946. The van der Waals surface area contributed by atoms with Crippen LogP contribution in [0.25, 0.3) is 11.3 Å². The minimum Gasteiger partial charge on any atom is -0.461 e. The highest BCUT2D eigenvalue weighted by atomic mass is 16.5. The summed E-state index contributed by atoms with van der Waals surface area (Å²) in [5.74, 6) is -0.459. The molecule has 0 radical (unpaired) electrons. The van der Waals surface area contributed by atoms with Gasteiger partial charge in [-0.2, -0.15) is 10.1 Å². The number of benzene rings is 1. The van der Waals surface area contributed by atoms with Crippen LogP contribution in [-0.4, -0.2) is 40.4 Å². The zero-order valence-electron chi connectivity index (χ0n) is 15.5. The molecule has 0 unspecified atom stereocenters. The molecule has 7 heteroatoms. The summed E-state index contributed by atoms with van der Waals surface area (Å²) >= 11 is 0. The van der Waals surface area contributed by atoms with Gasteiger partial charge in [-0.15, -0.1) is 0 Å². The molecule has 27 heavy (non-hydrogen) atoms. The number of oxazole rings is 1. The predicted octanol–water partition coefficient (Wildman–Crippen LogP) is 2.86. The standard InChI is InChI=1S/C20H22N4O3/c1-3-26-19(25)17-13-27-20(21-17)24-11-9-15-16(10-12-24)22-23(2)18(15)14-7-5-4-6-8-14/h4-8,13H,3,9-12H2,1-2H3. The van der Waals surface area contributed by atoms with E-state index in [9.17, 15) is 4.79 Å². The molecule has 0 saturated heterocycles. The van der Waals surface area contributed by atoms with Crippen LogP contribution >= 0.6 is 0 Å². The summed E-state index contributed by atoms with van der Waals surface area (Å²) < 4.78 is 12.5. The lowest BCUT2D eigenvalue weighted by Crippen LogP contribution is -2.26. The molecular formula is C20H22N4O3. The molecule has 0 amide bonds. The zero-order chi connectivity index (χ0) is 18.8. The average molecular weight is 366 g/mol. The maximum atomic E-state index is 11.8. The van der Waals surface area contributed by atoms with Crippen molar-refractivity contribution in [1.29, 1.82) is 0 Å². The van der Waals surface area contributed by atoms with Crippen LogP contribution in [0, 0.1) is 0 Å². The topological polar surface area (TPSA) is 73.4 Å². The smallest absolute Gasteiger partial charge is 0.360 e. The maximum Gasteiger partial charge on any atom is 0.360 e. The molecule has 7 nitrogen and oxygen atoms in total. The molecule has 1 aliphatic rings. The van der Waals surface area contributed by atoms with Gasteiger partial charge in [0.2, 0.25) is 0 Å². The number of ether oxygens (including phenoxy) is 1. The van der Waals surface area contributed by atoms with Crippen molar-refractivity contribution in [3.63, 3.8) is 0 Å². The van der Waals surface area contributed by atoms with Gasteiger partial charge in [0.05, 0.1) is 18.0 Å². The Morgan fingerprint density at radius 2 is 2.00 bits per heavy atom. The van der Waals surface area contributed by atoms with Crippen LogP contribution in [0.15, 0.2) is 41.0 Å². The highest BCUT2D eigenvalue weighted by Crippen LogP contribution is 2.29. The molecule has 4 rings (SSSR count). The van der Waals surface area contributed by atoms with Crippen molar-refractivity contribution in [2.24, 2.45) is 7.05 Å². The molecule has 140 valence electrons. The molecule has 0 aliphatic carbocycles. The first-order valence-electron chi connectivity index (χ1n) is 9.15. The second-order valence-corrected chi connectivity index (χ2v) is 6.49. The summed E-state index contributed by atoms with van der Waals surface area (Å²) in [5, 5.41) is 4.74. The Labute approximate surface area is 157 Å². The van der Waals surface area contributed by atoms with Gasteiger partial charge in [-0.25, -0.2) is 4.79 Å². The van der Waals surface area contributed by atoms with Gasteiger partial charge in [-0.05, 0) is 13.3 Å². The van der Waals surface area contributed by atoms with Gasteiger partial charge in [0.1, 0.15) is 6.26 Å². The minimum absolute atomic E-state index is 0.206. The Morgan fingerprint density at radius 1 is 1.22 bits per heavy atom. The van der Waals surface area contributed by atoms with Gasteiger partial charge in [-0.1, -0.05) is 30.3 Å². The van der Waals surface area contributed by atoms with E-state index >= 15 is 0 Å². The van der Waals surface area contributed by atoms with E-state index in [0.29, 0.717) is 12.6 Å². The third-order valence-electron chi connectivity index (χ3n) is 4.77. The van der Waals surface area contributed by atoms with Gasteiger partial charge in [-0.3, -0.25) is 4.68 Å². The fraction of sp³-hybridized carbons (Fsp3) is 0.350. The van der Waals surface area contributed by atoms with E-state index in [1.807, 2.05) is 29.9 Å². The summed E-state index contributed by atoms with van der Waals surface area (Å²) in [6, 6.07) is 10.8. The first kappa shape index (κ1) is 17.3. The van der Waals surface area contributed by atoms with Gasteiger partial charge >= 0.3 is 5.97 Å². The maximum absolute atomic E-state index is 11.8. The minimum atomic E-state index is -0.459. The molecule has 2 aromatic heterocycles. The highest BCUT2D eigenvalue weighted by molar-refractivity contribution is 5.87. The second kappa shape index (κ2) is 7.26. The van der Waals surface area contributed by atoms with E-state index in [-0.39, 0.29) is 5.69 Å². The van der Waals surface area contributed by atoms with Crippen molar-refractivity contribution in [3.05, 3.63) is 53.5 Å². The molecule has 0 atom stereocenters. The highest BCUT2D eigenvalue weighted by Gasteiger charge is 2.25. The van der Waals surface area contributed by atoms with Crippen LogP contribution in [0.5, 0.6) is 0 Å². The lowest BCUT2D eigenvalue weighted by molar-refractivity contribution is 0.0519. The summed E-state index contributed by atoms with van der Waals surface area (Å²) in [5.41, 5.74) is 4.91. The normalized spacial score (nSPS) is 13.9. The van der Waals surface area contributed by atoms with E-state index in [4.69, 9.17) is 14.3 Å². The number of hydrogen-bond acceptors (Lipinski definition) is 6. The van der Waals surface area contributed by atoms with Crippen molar-refractivity contribution in [1.82, 2.24) is 14.8 Å². The van der Waals surface area contributed by atoms with Crippen LogP contribution in [-0.2, 0) is 24.6 Å². The van der Waals surface area contributed by atoms with Crippen LogP contribution in [0.1, 0.15) is 28.7 Å². The number of anilines is 1. The predicted molar refractivity (Wildman–Crippen MR) is 101 cm³/mol. The van der Waals surface area contributed by atoms with Crippen LogP contribution in [0.3, 0.4) is 0 Å². The van der Waals surface area contributed by atoms with E-state index in [1.54, 1.807) is 6.92 Å². The molecule has 3 aromatic rings. The van der Waals surface area contributed by atoms with Gasteiger partial charge in [0, 0.05) is 37.7 Å². The molecule has 1 aliphatic heterocycles. The van der Waals surface area contributed by atoms with Crippen molar-refractivity contribution < 1.29 is 13.9 Å². The number of carbonyl (C=O) groups excluding carboxylic acids is 1. The molecule has 0 saturated carbocycles. The van der Waals surface area contributed by atoms with Crippen molar-refractivity contribution in [2.45, 2.75) is 19.8 Å². The van der Waals surface area contributed by atoms with Crippen molar-refractivity contribution in [3.8, 4) is 11.3 Å². The molecule has 3 heterocycles. The SMILES string of the molecule is CCOC(=O)c1coc(N2CCc3nn(C)c(-c4ccccc4)c3CC2)n1. The number of hydrogen-bond donors (Lipinski definition) is 0. The summed E-state index contributed by atoms with van der Waals surface area (Å²) in [7, 11) is 1.99. The number of aromatic nitrogens is 3. The zero-order valence-corrected chi connectivity index (χ0v) is 15.5. The molecule has 0 spiro atoms. The van der Waals surface area contributed by atoms with E-state index in [1.165, 1.54) is 17.4 Å². The van der Waals surface area contributed by atoms with Crippen molar-refractivity contribution in [2.75, 3.05) is 24.6 Å². The monoisotopic (exact) mass is 366 g/mol. The summed E-state index contributed by atoms with van der Waals surface area (Å²) in [6.07, 6.45) is 3.00. The third-order valence-corrected chi connectivity index (χ3v) is 4.77. The Kier molecular flexibility index (Phi) is 4.66. The van der Waals surface area contributed by atoms with E-state index in [2.05, 4.69) is 22.0 Å². The Balaban J connectivity index is 1.56. The molecule has 0 N–H and O–H groups in total. The number of esters is 1. The number of carbonyl (C=O) groups is 1. The number of aryl methyl sites for hydroxylation is 1. The lowest BCUT2D eigenvalue weighted by atomic mass is 10.0. The molecular weight excluding hydrogens is 344 g/mol. The molecule has 0 fully saturated rings. The third kappa shape index (κ3) is 3.32. The fourth-order valence-electron chi connectivity index (χ4n) is 3.54. The molecule has 1 aromatic carbocycles. The van der Waals surface area contributed by atoms with Crippen LogP contribution in [0.2, 0.25) is 0 Å². The van der Waals surface area contributed by atoms with Gasteiger partial charge in [0.15, 0.2) is 5.69 Å². The number of rotatable bonds is 4. The summed E-state index contributed by atoms with van der Waals surface area (Å²) in [4.78, 5) is 18.2.